The van der Waals surface area contributed by atoms with Crippen molar-refractivity contribution in [2.45, 2.75) is 13.0 Å². The van der Waals surface area contributed by atoms with Gasteiger partial charge in [-0.3, -0.25) is 4.79 Å². The van der Waals surface area contributed by atoms with Crippen molar-refractivity contribution in [3.05, 3.63) is 71.5 Å². The highest BCUT2D eigenvalue weighted by molar-refractivity contribution is 6.12. The van der Waals surface area contributed by atoms with Crippen LogP contribution in [0.2, 0.25) is 0 Å². The van der Waals surface area contributed by atoms with Gasteiger partial charge < -0.3 is 18.9 Å². The lowest BCUT2D eigenvalue weighted by Crippen LogP contribution is -2.24. The van der Waals surface area contributed by atoms with Gasteiger partial charge in [-0.1, -0.05) is 30.4 Å². The molecule has 0 aromatic heterocycles. The van der Waals surface area contributed by atoms with Crippen LogP contribution in [0.5, 0.6) is 17.2 Å². The molecule has 0 radical (unpaired) electrons. The standard InChI is InChI=1S/C22H20O6/c1-14(22(24)26-3)27-16-11-12-17-20(13-16)28-19(21(17)23)10-6-8-15-7-4-5-9-18(15)25-2/h4-14H,1-3H3/t14-/m0/s1. The number of carbonyl (C=O) groups excluding carboxylic acids is 2. The van der Waals surface area contributed by atoms with Crippen molar-refractivity contribution in [3.63, 3.8) is 0 Å². The maximum Gasteiger partial charge on any atom is 0.346 e. The summed E-state index contributed by atoms with van der Waals surface area (Å²) < 4.78 is 21.1. The lowest BCUT2D eigenvalue weighted by Gasteiger charge is -2.12. The first-order chi connectivity index (χ1) is 13.5. The van der Waals surface area contributed by atoms with Crippen molar-refractivity contribution in [2.24, 2.45) is 0 Å². The molecule has 1 heterocycles. The van der Waals surface area contributed by atoms with E-state index in [-0.39, 0.29) is 11.5 Å². The van der Waals surface area contributed by atoms with Crippen LogP contribution in [0.4, 0.5) is 0 Å². The Kier molecular flexibility index (Phi) is 5.79. The highest BCUT2D eigenvalue weighted by atomic mass is 16.6. The van der Waals surface area contributed by atoms with Crippen molar-refractivity contribution in [1.29, 1.82) is 0 Å². The zero-order valence-electron chi connectivity index (χ0n) is 15.8. The maximum atomic E-state index is 12.5. The van der Waals surface area contributed by atoms with Crippen LogP contribution < -0.4 is 14.2 Å². The fourth-order valence-corrected chi connectivity index (χ4v) is 2.72. The average Bonchev–Trinajstić information content (AvgIpc) is 3.02. The molecule has 1 aliphatic heterocycles. The Hall–Kier alpha value is -3.54. The van der Waals surface area contributed by atoms with Crippen molar-refractivity contribution in [2.75, 3.05) is 14.2 Å². The van der Waals surface area contributed by atoms with Gasteiger partial charge in [0.25, 0.3) is 0 Å². The minimum atomic E-state index is -0.765. The molecule has 0 N–H and O–H groups in total. The fraction of sp³-hybridized carbons (Fsp3) is 0.182. The first-order valence-electron chi connectivity index (χ1n) is 8.66. The molecule has 0 spiro atoms. The lowest BCUT2D eigenvalue weighted by molar-refractivity contribution is -0.147. The van der Waals surface area contributed by atoms with Gasteiger partial charge in [-0.2, -0.15) is 0 Å². The third-order valence-corrected chi connectivity index (χ3v) is 4.15. The highest BCUT2D eigenvalue weighted by Gasteiger charge is 2.27. The number of fused-ring (bicyclic) bond motifs is 1. The van der Waals surface area contributed by atoms with Crippen LogP contribution in [0.25, 0.3) is 6.08 Å². The van der Waals surface area contributed by atoms with E-state index >= 15 is 0 Å². The van der Waals surface area contributed by atoms with Crippen LogP contribution in [0.3, 0.4) is 0 Å². The number of esters is 1. The first kappa shape index (κ1) is 19.2. The molecule has 1 atom stereocenters. The van der Waals surface area contributed by atoms with E-state index in [9.17, 15) is 9.59 Å². The van der Waals surface area contributed by atoms with E-state index in [0.29, 0.717) is 17.1 Å². The second-order valence-electron chi connectivity index (χ2n) is 6.00. The number of ether oxygens (including phenoxy) is 4. The number of rotatable bonds is 6. The second kappa shape index (κ2) is 8.43. The van der Waals surface area contributed by atoms with E-state index in [1.54, 1.807) is 44.4 Å². The zero-order chi connectivity index (χ0) is 20.1. The van der Waals surface area contributed by atoms with Gasteiger partial charge in [0.1, 0.15) is 17.2 Å². The number of benzene rings is 2. The maximum absolute atomic E-state index is 12.5. The number of allylic oxidation sites excluding steroid dienone is 3. The van der Waals surface area contributed by atoms with Crippen LogP contribution in [-0.4, -0.2) is 32.1 Å². The molecule has 0 saturated carbocycles. The Morgan fingerprint density at radius 1 is 1.14 bits per heavy atom. The predicted octanol–water partition coefficient (Wildman–Crippen LogP) is 3.81. The summed E-state index contributed by atoms with van der Waals surface area (Å²) in [5, 5.41) is 0. The lowest BCUT2D eigenvalue weighted by atomic mass is 10.1. The van der Waals surface area contributed by atoms with E-state index in [0.717, 1.165) is 11.3 Å². The Morgan fingerprint density at radius 2 is 1.93 bits per heavy atom. The molecule has 1 aliphatic rings. The summed E-state index contributed by atoms with van der Waals surface area (Å²) in [5.74, 6) is 1.04. The fourth-order valence-electron chi connectivity index (χ4n) is 2.72. The van der Waals surface area contributed by atoms with Crippen LogP contribution in [0.15, 0.2) is 60.4 Å². The molecule has 144 valence electrons. The molecule has 0 aliphatic carbocycles. The Morgan fingerprint density at radius 3 is 2.68 bits per heavy atom. The third kappa shape index (κ3) is 4.06. The smallest absolute Gasteiger partial charge is 0.346 e. The summed E-state index contributed by atoms with van der Waals surface area (Å²) >= 11 is 0. The highest BCUT2D eigenvalue weighted by Crippen LogP contribution is 2.34. The molecule has 6 nitrogen and oxygen atoms in total. The summed E-state index contributed by atoms with van der Waals surface area (Å²) in [6.45, 7) is 1.58. The molecule has 2 aromatic carbocycles. The predicted molar refractivity (Wildman–Crippen MR) is 104 cm³/mol. The number of hydrogen-bond acceptors (Lipinski definition) is 6. The van der Waals surface area contributed by atoms with Crippen LogP contribution in [0.1, 0.15) is 22.8 Å². The molecular formula is C22H20O6. The van der Waals surface area contributed by atoms with E-state index in [2.05, 4.69) is 4.74 Å². The van der Waals surface area contributed by atoms with E-state index in [1.165, 1.54) is 7.11 Å². The van der Waals surface area contributed by atoms with Crippen LogP contribution >= 0.6 is 0 Å². The number of methoxy groups -OCH3 is 2. The minimum absolute atomic E-state index is 0.208. The van der Waals surface area contributed by atoms with Crippen molar-refractivity contribution >= 4 is 17.8 Å². The largest absolute Gasteiger partial charge is 0.496 e. The van der Waals surface area contributed by atoms with Gasteiger partial charge in [-0.25, -0.2) is 4.79 Å². The monoisotopic (exact) mass is 380 g/mol. The number of Topliss-reactive ketones (excluding diaryl/α,β-unsaturated/α-hetero) is 1. The van der Waals surface area contributed by atoms with Gasteiger partial charge in [0.05, 0.1) is 19.8 Å². The average molecular weight is 380 g/mol. The Balaban J connectivity index is 1.75. The molecule has 0 fully saturated rings. The van der Waals surface area contributed by atoms with Gasteiger partial charge in [0.2, 0.25) is 5.78 Å². The van der Waals surface area contributed by atoms with Crippen LogP contribution in [-0.2, 0) is 9.53 Å². The van der Waals surface area contributed by atoms with Gasteiger partial charge in [-0.05, 0) is 31.2 Å². The Bertz CT molecular complexity index is 957. The van der Waals surface area contributed by atoms with Crippen molar-refractivity contribution in [1.82, 2.24) is 0 Å². The van der Waals surface area contributed by atoms with Crippen molar-refractivity contribution < 1.29 is 28.5 Å². The van der Waals surface area contributed by atoms with E-state index in [4.69, 9.17) is 14.2 Å². The van der Waals surface area contributed by atoms with Crippen LogP contribution in [0, 0.1) is 0 Å². The van der Waals surface area contributed by atoms with Gasteiger partial charge in [-0.15, -0.1) is 0 Å². The van der Waals surface area contributed by atoms with Gasteiger partial charge >= 0.3 is 5.97 Å². The van der Waals surface area contributed by atoms with Gasteiger partial charge in [0, 0.05) is 11.6 Å². The molecule has 28 heavy (non-hydrogen) atoms. The normalized spacial score (nSPS) is 15.2. The number of para-hydroxylation sites is 1. The molecule has 0 bridgehead atoms. The number of hydrogen-bond donors (Lipinski definition) is 0. The number of ketones is 1. The molecule has 0 saturated heterocycles. The summed E-state index contributed by atoms with van der Waals surface area (Å²) in [4.78, 5) is 24.0. The Labute approximate surface area is 163 Å². The van der Waals surface area contributed by atoms with E-state index in [1.807, 2.05) is 30.3 Å². The summed E-state index contributed by atoms with van der Waals surface area (Å²) in [5.41, 5.74) is 1.33. The quantitative estimate of drug-likeness (QED) is 0.561. The van der Waals surface area contributed by atoms with E-state index < -0.39 is 12.1 Å². The molecular weight excluding hydrogens is 360 g/mol. The first-order valence-corrected chi connectivity index (χ1v) is 8.66. The third-order valence-electron chi connectivity index (χ3n) is 4.15. The molecule has 3 rings (SSSR count). The zero-order valence-corrected chi connectivity index (χ0v) is 15.8. The molecule has 0 unspecified atom stereocenters. The number of carbonyl (C=O) groups is 2. The SMILES string of the molecule is COC(=O)[C@H](C)Oc1ccc2c(c1)OC(=CC=Cc1ccccc1OC)C2=O. The topological polar surface area (TPSA) is 71.1 Å². The summed E-state index contributed by atoms with van der Waals surface area (Å²) in [7, 11) is 2.90. The van der Waals surface area contributed by atoms with Crippen molar-refractivity contribution in [3.8, 4) is 17.2 Å². The summed E-state index contributed by atoms with van der Waals surface area (Å²) in [6, 6.07) is 12.4. The minimum Gasteiger partial charge on any atom is -0.496 e. The molecule has 2 aromatic rings. The van der Waals surface area contributed by atoms with Gasteiger partial charge in [0.15, 0.2) is 11.9 Å². The molecule has 6 heteroatoms. The summed E-state index contributed by atoms with van der Waals surface area (Å²) in [6.07, 6.45) is 4.40. The molecule has 0 amide bonds. The second-order valence-corrected chi connectivity index (χ2v) is 6.00.